The lowest BCUT2D eigenvalue weighted by molar-refractivity contribution is 0.393. The Labute approximate surface area is 66.2 Å². The van der Waals surface area contributed by atoms with Gasteiger partial charge in [0.15, 0.2) is 0 Å². The van der Waals surface area contributed by atoms with Crippen LogP contribution in [-0.4, -0.2) is 0 Å². The minimum absolute atomic E-state index is 0.441. The largest absolute Gasteiger partial charge is 0.466 e. The van der Waals surface area contributed by atoms with Crippen molar-refractivity contribution in [2.45, 2.75) is 32.9 Å². The van der Waals surface area contributed by atoms with E-state index in [2.05, 4.69) is 6.92 Å². The van der Waals surface area contributed by atoms with Crippen LogP contribution in [0.1, 0.15) is 31.1 Å². The van der Waals surface area contributed by atoms with Gasteiger partial charge in [-0.15, -0.1) is 0 Å². The van der Waals surface area contributed by atoms with Gasteiger partial charge in [-0.1, -0.05) is 13.3 Å². The second-order valence-electron chi connectivity index (χ2n) is 2.66. The van der Waals surface area contributed by atoms with Crippen LogP contribution in [0.4, 0.5) is 4.39 Å². The molecule has 0 saturated carbocycles. The molecule has 0 unspecified atom stereocenters. The van der Waals surface area contributed by atoms with E-state index in [9.17, 15) is 4.39 Å². The number of alkyl halides is 1. The topological polar surface area (TPSA) is 13.1 Å². The van der Waals surface area contributed by atoms with Gasteiger partial charge in [-0.2, -0.15) is 0 Å². The smallest absolute Gasteiger partial charge is 0.147 e. The summed E-state index contributed by atoms with van der Waals surface area (Å²) in [5.74, 6) is 0.441. The molecule has 0 spiro atoms. The highest BCUT2D eigenvalue weighted by molar-refractivity contribution is 5.12. The third-order valence-electron chi connectivity index (χ3n) is 1.66. The molecule has 0 N–H and O–H groups in total. The summed E-state index contributed by atoms with van der Waals surface area (Å²) in [6.07, 6.45) is 4.95. The molecule has 0 bridgehead atoms. The molecule has 1 aromatic heterocycles. The van der Waals surface area contributed by atoms with Crippen molar-refractivity contribution in [1.82, 2.24) is 0 Å². The molecule has 0 aliphatic heterocycles. The number of rotatable bonds is 4. The summed E-state index contributed by atoms with van der Waals surface area (Å²) in [7, 11) is 0. The highest BCUT2D eigenvalue weighted by Crippen LogP contribution is 2.11. The van der Waals surface area contributed by atoms with Crippen molar-refractivity contribution in [2.24, 2.45) is 0 Å². The van der Waals surface area contributed by atoms with Gasteiger partial charge >= 0.3 is 0 Å². The first kappa shape index (κ1) is 8.31. The van der Waals surface area contributed by atoms with Gasteiger partial charge in [0.2, 0.25) is 0 Å². The zero-order chi connectivity index (χ0) is 8.10. The molecule has 1 nitrogen and oxygen atoms in total. The van der Waals surface area contributed by atoms with Gasteiger partial charge in [-0.25, -0.2) is 4.39 Å². The summed E-state index contributed by atoms with van der Waals surface area (Å²) in [4.78, 5) is 0. The minimum atomic E-state index is -0.494. The van der Waals surface area contributed by atoms with Gasteiger partial charge in [-0.3, -0.25) is 0 Å². The number of halogens is 1. The number of unbranched alkanes of at least 4 members (excludes halogenated alkanes) is 1. The summed E-state index contributed by atoms with van der Waals surface area (Å²) < 4.78 is 16.9. The van der Waals surface area contributed by atoms with E-state index >= 15 is 0 Å². The van der Waals surface area contributed by atoms with Crippen LogP contribution in [0.5, 0.6) is 0 Å². The van der Waals surface area contributed by atoms with Gasteiger partial charge in [0.25, 0.3) is 0 Å². The van der Waals surface area contributed by atoms with Crippen LogP contribution < -0.4 is 0 Å². The summed E-state index contributed by atoms with van der Waals surface area (Å²) in [5, 5.41) is 0. The zero-order valence-electron chi connectivity index (χ0n) is 6.77. The molecular formula is C9H13FO. The third kappa shape index (κ3) is 2.37. The second kappa shape index (κ2) is 4.16. The zero-order valence-corrected chi connectivity index (χ0v) is 6.77. The quantitative estimate of drug-likeness (QED) is 0.652. The molecule has 0 atom stereocenters. The maximum atomic E-state index is 12.0. The van der Waals surface area contributed by atoms with Gasteiger partial charge < -0.3 is 4.42 Å². The standard InChI is InChI=1S/C9H13FO/c1-2-3-4-8-5-9(6-10)11-7-8/h5,7H,2-4,6H2,1H3. The molecule has 1 rings (SSSR count). The lowest BCUT2D eigenvalue weighted by atomic mass is 10.1. The van der Waals surface area contributed by atoms with Crippen LogP contribution in [0.15, 0.2) is 16.7 Å². The van der Waals surface area contributed by atoms with Crippen molar-refractivity contribution in [3.05, 3.63) is 23.7 Å². The fourth-order valence-electron chi connectivity index (χ4n) is 1.01. The van der Waals surface area contributed by atoms with Crippen molar-refractivity contribution in [3.8, 4) is 0 Å². The molecule has 0 saturated heterocycles. The van der Waals surface area contributed by atoms with Gasteiger partial charge in [0, 0.05) is 0 Å². The van der Waals surface area contributed by atoms with Crippen molar-refractivity contribution in [1.29, 1.82) is 0 Å². The summed E-state index contributed by atoms with van der Waals surface area (Å²) in [5.41, 5.74) is 1.11. The average molecular weight is 156 g/mol. The van der Waals surface area contributed by atoms with E-state index in [0.29, 0.717) is 5.76 Å². The Bertz CT molecular complexity index is 205. The number of furan rings is 1. The molecule has 0 aliphatic rings. The fourth-order valence-corrected chi connectivity index (χ4v) is 1.01. The predicted molar refractivity (Wildman–Crippen MR) is 42.1 cm³/mol. The molecule has 1 aromatic rings. The summed E-state index contributed by atoms with van der Waals surface area (Å²) in [6, 6.07) is 1.79. The number of hydrogen-bond acceptors (Lipinski definition) is 1. The normalized spacial score (nSPS) is 10.4. The average Bonchev–Trinajstić information content (AvgIpc) is 2.48. The first-order valence-electron chi connectivity index (χ1n) is 3.99. The first-order chi connectivity index (χ1) is 5.36. The molecule has 1 heterocycles. The molecule has 62 valence electrons. The monoisotopic (exact) mass is 156 g/mol. The Balaban J connectivity index is 2.44. The lowest BCUT2D eigenvalue weighted by Crippen LogP contribution is -1.79. The van der Waals surface area contributed by atoms with E-state index in [0.717, 1.165) is 24.8 Å². The van der Waals surface area contributed by atoms with E-state index in [1.54, 1.807) is 12.3 Å². The lowest BCUT2D eigenvalue weighted by Gasteiger charge is -1.89. The van der Waals surface area contributed by atoms with Crippen molar-refractivity contribution in [2.75, 3.05) is 0 Å². The molecule has 0 aromatic carbocycles. The van der Waals surface area contributed by atoms with E-state index in [1.165, 1.54) is 0 Å². The van der Waals surface area contributed by atoms with Crippen molar-refractivity contribution < 1.29 is 8.81 Å². The Morgan fingerprint density at radius 3 is 2.91 bits per heavy atom. The summed E-state index contributed by atoms with van der Waals surface area (Å²) >= 11 is 0. The van der Waals surface area contributed by atoms with Crippen molar-refractivity contribution in [3.63, 3.8) is 0 Å². The predicted octanol–water partition coefficient (Wildman–Crippen LogP) is 3.09. The minimum Gasteiger partial charge on any atom is -0.466 e. The van der Waals surface area contributed by atoms with E-state index < -0.39 is 6.67 Å². The number of aryl methyl sites for hydroxylation is 1. The first-order valence-corrected chi connectivity index (χ1v) is 3.99. The Morgan fingerprint density at radius 2 is 2.36 bits per heavy atom. The summed E-state index contributed by atoms with van der Waals surface area (Å²) in [6.45, 7) is 1.64. The van der Waals surface area contributed by atoms with E-state index in [4.69, 9.17) is 4.42 Å². The maximum Gasteiger partial charge on any atom is 0.147 e. The second-order valence-corrected chi connectivity index (χ2v) is 2.66. The highest BCUT2D eigenvalue weighted by Gasteiger charge is 1.99. The van der Waals surface area contributed by atoms with Crippen LogP contribution in [-0.2, 0) is 13.1 Å². The molecular weight excluding hydrogens is 143 g/mol. The van der Waals surface area contributed by atoms with Gasteiger partial charge in [-0.05, 0) is 24.5 Å². The molecule has 0 aliphatic carbocycles. The molecule has 0 radical (unpaired) electrons. The Morgan fingerprint density at radius 1 is 1.55 bits per heavy atom. The SMILES string of the molecule is CCCCc1coc(CF)c1. The molecule has 0 fully saturated rings. The van der Waals surface area contributed by atoms with Crippen LogP contribution in [0.25, 0.3) is 0 Å². The van der Waals surface area contributed by atoms with Crippen LogP contribution in [0.3, 0.4) is 0 Å². The highest BCUT2D eigenvalue weighted by atomic mass is 19.1. The van der Waals surface area contributed by atoms with Crippen molar-refractivity contribution >= 4 is 0 Å². The van der Waals surface area contributed by atoms with Crippen LogP contribution >= 0.6 is 0 Å². The van der Waals surface area contributed by atoms with E-state index in [1.807, 2.05) is 0 Å². The Kier molecular flexibility index (Phi) is 3.14. The van der Waals surface area contributed by atoms with Gasteiger partial charge in [0.05, 0.1) is 6.26 Å². The van der Waals surface area contributed by atoms with E-state index in [-0.39, 0.29) is 0 Å². The molecule has 2 heteroatoms. The van der Waals surface area contributed by atoms with Crippen LogP contribution in [0, 0.1) is 0 Å². The van der Waals surface area contributed by atoms with Crippen LogP contribution in [0.2, 0.25) is 0 Å². The molecule has 11 heavy (non-hydrogen) atoms. The number of hydrogen-bond donors (Lipinski definition) is 0. The molecule has 0 amide bonds. The van der Waals surface area contributed by atoms with Gasteiger partial charge in [0.1, 0.15) is 12.4 Å². The Hall–Kier alpha value is -0.790. The fraction of sp³-hybridized carbons (Fsp3) is 0.556. The maximum absolute atomic E-state index is 12.0. The third-order valence-corrected chi connectivity index (χ3v) is 1.66.